The lowest BCUT2D eigenvalue weighted by atomic mass is 10.1. The van der Waals surface area contributed by atoms with Crippen LogP contribution in [0.2, 0.25) is 0 Å². The number of hydrogen-bond donors (Lipinski definition) is 0. The van der Waals surface area contributed by atoms with Crippen molar-refractivity contribution in [3.05, 3.63) is 58.9 Å². The number of nitrogens with zero attached hydrogens (tertiary/aromatic N) is 3. The van der Waals surface area contributed by atoms with Crippen LogP contribution in [0.15, 0.2) is 41.4 Å². The number of hydrogen-bond acceptors (Lipinski definition) is 4. The lowest BCUT2D eigenvalue weighted by molar-refractivity contribution is -0.137. The number of alkyl halides is 3. The third-order valence-electron chi connectivity index (χ3n) is 5.14. The molecule has 0 unspecified atom stereocenters. The second-order valence-electron chi connectivity index (χ2n) is 7.38. The van der Waals surface area contributed by atoms with Gasteiger partial charge in [0.05, 0.1) is 16.0 Å². The number of sulfonamides is 1. The van der Waals surface area contributed by atoms with E-state index < -0.39 is 27.8 Å². The van der Waals surface area contributed by atoms with E-state index in [0.29, 0.717) is 11.6 Å². The first-order valence-corrected chi connectivity index (χ1v) is 10.8. The van der Waals surface area contributed by atoms with Crippen LogP contribution < -0.4 is 0 Å². The molecule has 6 nitrogen and oxygen atoms in total. The van der Waals surface area contributed by atoms with Crippen molar-refractivity contribution in [1.82, 2.24) is 14.2 Å². The van der Waals surface area contributed by atoms with Crippen molar-refractivity contribution < 1.29 is 26.4 Å². The zero-order valence-electron chi connectivity index (χ0n) is 16.8. The fourth-order valence-electron chi connectivity index (χ4n) is 3.40. The van der Waals surface area contributed by atoms with Crippen molar-refractivity contribution in [3.63, 3.8) is 0 Å². The first-order chi connectivity index (χ1) is 13.9. The number of aromatic nitrogens is 1. The summed E-state index contributed by atoms with van der Waals surface area (Å²) in [6, 6.07) is 5.62. The molecule has 1 aliphatic heterocycles. The summed E-state index contributed by atoms with van der Waals surface area (Å²) in [5.41, 5.74) is 0.393. The molecule has 2 heterocycles. The number of carbonyl (C=O) groups is 1. The van der Waals surface area contributed by atoms with E-state index in [0.717, 1.165) is 22.1 Å². The number of halogens is 3. The van der Waals surface area contributed by atoms with Crippen LogP contribution in [0.4, 0.5) is 13.2 Å². The molecule has 1 aromatic carbocycles. The molecule has 2 aromatic rings. The number of benzene rings is 1. The van der Waals surface area contributed by atoms with Crippen molar-refractivity contribution in [2.24, 2.45) is 0 Å². The van der Waals surface area contributed by atoms with Crippen LogP contribution >= 0.6 is 0 Å². The van der Waals surface area contributed by atoms with Gasteiger partial charge in [-0.2, -0.15) is 17.5 Å². The van der Waals surface area contributed by atoms with E-state index in [4.69, 9.17) is 0 Å². The number of carbonyl (C=O) groups excluding carboxylic acids is 1. The summed E-state index contributed by atoms with van der Waals surface area (Å²) >= 11 is 0. The van der Waals surface area contributed by atoms with Crippen molar-refractivity contribution >= 4 is 15.9 Å². The van der Waals surface area contributed by atoms with E-state index in [2.05, 4.69) is 4.98 Å². The summed E-state index contributed by atoms with van der Waals surface area (Å²) in [6.07, 6.45) is -3.17. The highest BCUT2D eigenvalue weighted by atomic mass is 32.2. The molecule has 0 N–H and O–H groups in total. The molecular weight excluding hydrogens is 419 g/mol. The van der Waals surface area contributed by atoms with Crippen molar-refractivity contribution in [1.29, 1.82) is 0 Å². The monoisotopic (exact) mass is 441 g/mol. The van der Waals surface area contributed by atoms with E-state index >= 15 is 0 Å². The van der Waals surface area contributed by atoms with Crippen molar-refractivity contribution in [3.8, 4) is 0 Å². The van der Waals surface area contributed by atoms with E-state index in [-0.39, 0.29) is 36.0 Å². The van der Waals surface area contributed by atoms with E-state index in [1.54, 1.807) is 30.9 Å². The van der Waals surface area contributed by atoms with Gasteiger partial charge < -0.3 is 4.90 Å². The zero-order chi connectivity index (χ0) is 22.3. The topological polar surface area (TPSA) is 70.6 Å². The van der Waals surface area contributed by atoms with Gasteiger partial charge in [-0.3, -0.25) is 9.78 Å². The van der Waals surface area contributed by atoms with Crippen LogP contribution in [0.1, 0.15) is 34.1 Å². The second kappa shape index (κ2) is 7.99. The fraction of sp³-hybridized carbons (Fsp3) is 0.400. The molecular formula is C20H22F3N3O3S. The van der Waals surface area contributed by atoms with Gasteiger partial charge >= 0.3 is 6.18 Å². The molecule has 1 aliphatic rings. The molecule has 0 saturated carbocycles. The molecule has 1 fully saturated rings. The quantitative estimate of drug-likeness (QED) is 0.733. The van der Waals surface area contributed by atoms with Crippen LogP contribution in [0.3, 0.4) is 0 Å². The molecule has 0 aliphatic carbocycles. The molecule has 0 radical (unpaired) electrons. The van der Waals surface area contributed by atoms with Gasteiger partial charge in [0.15, 0.2) is 0 Å². The SMILES string of the molecule is Cc1ccc(C(=O)N2CCN(S(=O)(=O)c3cc(C(F)(F)F)ccc3C)C[C@@H]2C)cn1. The number of pyridine rings is 1. The molecule has 1 aromatic heterocycles. The Balaban J connectivity index is 1.82. The predicted octanol–water partition coefficient (Wildman–Crippen LogP) is 3.25. The summed E-state index contributed by atoms with van der Waals surface area (Å²) < 4.78 is 66.4. The van der Waals surface area contributed by atoms with Gasteiger partial charge in [-0.15, -0.1) is 0 Å². The first kappa shape index (κ1) is 22.2. The number of aryl methyl sites for hydroxylation is 2. The third kappa shape index (κ3) is 4.34. The molecule has 0 spiro atoms. The molecule has 1 atom stereocenters. The molecule has 30 heavy (non-hydrogen) atoms. The smallest absolute Gasteiger partial charge is 0.333 e. The van der Waals surface area contributed by atoms with Gasteiger partial charge in [-0.1, -0.05) is 6.07 Å². The minimum atomic E-state index is -4.64. The summed E-state index contributed by atoms with van der Waals surface area (Å²) in [5.74, 6) is -0.262. The number of rotatable bonds is 3. The van der Waals surface area contributed by atoms with E-state index in [9.17, 15) is 26.4 Å². The lowest BCUT2D eigenvalue weighted by Gasteiger charge is -2.39. The maximum Gasteiger partial charge on any atom is 0.416 e. The normalized spacial score (nSPS) is 18.5. The fourth-order valence-corrected chi connectivity index (χ4v) is 5.16. The largest absolute Gasteiger partial charge is 0.416 e. The van der Waals surface area contributed by atoms with Gasteiger partial charge in [0.25, 0.3) is 5.91 Å². The number of piperazine rings is 1. The summed E-state index contributed by atoms with van der Waals surface area (Å²) in [4.78, 5) is 18.0. The van der Waals surface area contributed by atoms with Crippen LogP contribution in [-0.4, -0.2) is 54.2 Å². The summed E-state index contributed by atoms with van der Waals surface area (Å²) in [6.45, 7) is 5.08. The highest BCUT2D eigenvalue weighted by molar-refractivity contribution is 7.89. The van der Waals surface area contributed by atoms with Gasteiger partial charge in [0.1, 0.15) is 0 Å². The van der Waals surface area contributed by atoms with Gasteiger partial charge in [0.2, 0.25) is 10.0 Å². The standard InChI is InChI=1S/C20H22F3N3O3S/c1-13-4-7-17(20(21,22)23)10-18(13)30(28,29)25-8-9-26(15(3)12-25)19(27)16-6-5-14(2)24-11-16/h4-7,10-11,15H,8-9,12H2,1-3H3/t15-/m0/s1. The average molecular weight is 441 g/mol. The predicted molar refractivity (Wildman–Crippen MR) is 104 cm³/mol. The van der Waals surface area contributed by atoms with Gasteiger partial charge in [-0.25, -0.2) is 8.42 Å². The Hall–Kier alpha value is -2.46. The van der Waals surface area contributed by atoms with Crippen LogP contribution in [-0.2, 0) is 16.2 Å². The van der Waals surface area contributed by atoms with Crippen LogP contribution in [0.5, 0.6) is 0 Å². The van der Waals surface area contributed by atoms with E-state index in [1.807, 2.05) is 0 Å². The molecule has 0 bridgehead atoms. The van der Waals surface area contributed by atoms with Crippen LogP contribution in [0, 0.1) is 13.8 Å². The first-order valence-electron chi connectivity index (χ1n) is 9.33. The summed E-state index contributed by atoms with van der Waals surface area (Å²) in [7, 11) is -4.14. The lowest BCUT2D eigenvalue weighted by Crippen LogP contribution is -2.55. The number of amides is 1. The Morgan fingerprint density at radius 2 is 1.83 bits per heavy atom. The second-order valence-corrected chi connectivity index (χ2v) is 9.28. The average Bonchev–Trinajstić information content (AvgIpc) is 2.67. The third-order valence-corrected chi connectivity index (χ3v) is 7.15. The van der Waals surface area contributed by atoms with Crippen molar-refractivity contribution in [2.45, 2.75) is 37.9 Å². The minimum absolute atomic E-state index is 0.00656. The maximum absolute atomic E-state index is 13.1. The Morgan fingerprint density at radius 1 is 1.13 bits per heavy atom. The van der Waals surface area contributed by atoms with Crippen LogP contribution in [0.25, 0.3) is 0 Å². The molecule has 3 rings (SSSR count). The molecule has 162 valence electrons. The highest BCUT2D eigenvalue weighted by Gasteiger charge is 2.37. The Labute approximate surface area is 173 Å². The van der Waals surface area contributed by atoms with Crippen molar-refractivity contribution in [2.75, 3.05) is 19.6 Å². The van der Waals surface area contributed by atoms with E-state index in [1.165, 1.54) is 13.1 Å². The molecule has 1 saturated heterocycles. The van der Waals surface area contributed by atoms with Gasteiger partial charge in [0, 0.05) is 37.6 Å². The van der Waals surface area contributed by atoms with Gasteiger partial charge in [-0.05, 0) is 50.6 Å². The highest BCUT2D eigenvalue weighted by Crippen LogP contribution is 2.33. The zero-order valence-corrected chi connectivity index (χ0v) is 17.6. The Kier molecular flexibility index (Phi) is 5.92. The molecule has 1 amide bonds. The minimum Gasteiger partial charge on any atom is -0.333 e. The Bertz CT molecular complexity index is 1050. The summed E-state index contributed by atoms with van der Waals surface area (Å²) in [5, 5.41) is 0. The molecule has 10 heteroatoms. The Morgan fingerprint density at radius 3 is 2.40 bits per heavy atom. The maximum atomic E-state index is 13.1.